The average Bonchev–Trinajstić information content (AvgIpc) is 2.76. The van der Waals surface area contributed by atoms with E-state index in [2.05, 4.69) is 21.4 Å². The molecule has 8 heteroatoms. The van der Waals surface area contributed by atoms with Crippen LogP contribution in [0, 0.1) is 0 Å². The summed E-state index contributed by atoms with van der Waals surface area (Å²) in [7, 11) is 3.95. The van der Waals surface area contributed by atoms with E-state index in [0.29, 0.717) is 30.4 Å². The molecule has 0 saturated carbocycles. The lowest BCUT2D eigenvalue weighted by atomic mass is 9.99. The zero-order valence-electron chi connectivity index (χ0n) is 17.2. The van der Waals surface area contributed by atoms with Crippen LogP contribution in [0.2, 0.25) is 0 Å². The Labute approximate surface area is 181 Å². The summed E-state index contributed by atoms with van der Waals surface area (Å²) in [5.74, 6) is -0.378. The molecule has 1 fully saturated rings. The van der Waals surface area contributed by atoms with E-state index in [1.807, 2.05) is 32.3 Å². The first-order valence-electron chi connectivity index (χ1n) is 9.78. The lowest BCUT2D eigenvalue weighted by Gasteiger charge is -2.43. The van der Waals surface area contributed by atoms with Gasteiger partial charge in [0.05, 0.1) is 30.9 Å². The van der Waals surface area contributed by atoms with Gasteiger partial charge in [0.2, 0.25) is 0 Å². The lowest BCUT2D eigenvalue weighted by Crippen LogP contribution is -2.55. The van der Waals surface area contributed by atoms with Gasteiger partial charge in [-0.1, -0.05) is 36.0 Å². The number of hydrogen-bond donors (Lipinski definition) is 0. The molecule has 2 heterocycles. The van der Waals surface area contributed by atoms with Gasteiger partial charge < -0.3 is 19.1 Å². The predicted molar refractivity (Wildman–Crippen MR) is 115 cm³/mol. The minimum Gasteiger partial charge on any atom is -0.453 e. The summed E-state index contributed by atoms with van der Waals surface area (Å²) in [6, 6.07) is 10.7. The molecule has 1 aliphatic rings. The summed E-state index contributed by atoms with van der Waals surface area (Å²) in [4.78, 5) is 23.4. The summed E-state index contributed by atoms with van der Waals surface area (Å²) in [6.45, 7) is 4.57. The van der Waals surface area contributed by atoms with Gasteiger partial charge in [0.1, 0.15) is 5.44 Å². The molecule has 1 aliphatic heterocycles. The van der Waals surface area contributed by atoms with Crippen molar-refractivity contribution in [3.8, 4) is 0 Å². The SMILES string of the molecule is C=CCOC[C@@H]1C[C@H](N(C)C)[C@@H](OC(=O)c2ccccc2)C(Sc2ncccn2)O1. The molecule has 4 atom stereocenters. The van der Waals surface area contributed by atoms with E-state index >= 15 is 0 Å². The van der Waals surface area contributed by atoms with Crippen LogP contribution in [0.15, 0.2) is 66.6 Å². The number of hydrogen-bond acceptors (Lipinski definition) is 8. The van der Waals surface area contributed by atoms with Crippen LogP contribution in [0.4, 0.5) is 0 Å². The van der Waals surface area contributed by atoms with Crippen LogP contribution < -0.4 is 0 Å². The molecule has 30 heavy (non-hydrogen) atoms. The molecule has 0 bridgehead atoms. The second kappa shape index (κ2) is 11.2. The van der Waals surface area contributed by atoms with Gasteiger partial charge in [0.15, 0.2) is 11.3 Å². The number of rotatable bonds is 9. The Kier molecular flexibility index (Phi) is 8.39. The van der Waals surface area contributed by atoms with E-state index < -0.39 is 11.5 Å². The fraction of sp³-hybridized carbons (Fsp3) is 0.409. The maximum Gasteiger partial charge on any atom is 0.338 e. The summed E-state index contributed by atoms with van der Waals surface area (Å²) in [5.41, 5.74) is 0.0321. The molecule has 0 aliphatic carbocycles. The number of nitrogens with zero attached hydrogens (tertiary/aromatic N) is 3. The fourth-order valence-corrected chi connectivity index (χ4v) is 4.28. The Morgan fingerprint density at radius 2 is 2.00 bits per heavy atom. The van der Waals surface area contributed by atoms with E-state index in [1.165, 1.54) is 11.8 Å². The van der Waals surface area contributed by atoms with Gasteiger partial charge in [-0.25, -0.2) is 14.8 Å². The molecule has 2 aromatic rings. The second-order valence-corrected chi connectivity index (χ2v) is 8.17. The Morgan fingerprint density at radius 1 is 1.27 bits per heavy atom. The Hall–Kier alpha value is -2.26. The largest absolute Gasteiger partial charge is 0.453 e. The van der Waals surface area contributed by atoms with Gasteiger partial charge in [-0.15, -0.1) is 6.58 Å². The topological polar surface area (TPSA) is 73.8 Å². The van der Waals surface area contributed by atoms with Crippen LogP contribution >= 0.6 is 11.8 Å². The van der Waals surface area contributed by atoms with Crippen LogP contribution in [-0.4, -0.2) is 71.8 Å². The third-order valence-corrected chi connectivity index (χ3v) is 5.73. The van der Waals surface area contributed by atoms with Crippen LogP contribution in [0.3, 0.4) is 0 Å². The standard InChI is InChI=1S/C22H27N3O4S/c1-4-13-27-15-17-14-18(25(2)3)19(29-20(26)16-9-6-5-7-10-16)21(28-17)30-22-23-11-8-12-24-22/h4-12,17-19,21H,1,13-15H2,2-3H3/t17-,18-,19+,21?/m0/s1. The highest BCUT2D eigenvalue weighted by molar-refractivity contribution is 7.99. The molecule has 3 rings (SSSR count). The molecule has 0 N–H and O–H groups in total. The fourth-order valence-electron chi connectivity index (χ4n) is 3.25. The smallest absolute Gasteiger partial charge is 0.338 e. The van der Waals surface area contributed by atoms with Crippen LogP contribution in [-0.2, 0) is 14.2 Å². The van der Waals surface area contributed by atoms with Crippen molar-refractivity contribution in [3.63, 3.8) is 0 Å². The van der Waals surface area contributed by atoms with E-state index in [9.17, 15) is 4.79 Å². The quantitative estimate of drug-likeness (QED) is 0.261. The third kappa shape index (κ3) is 6.12. The van der Waals surface area contributed by atoms with Crippen molar-refractivity contribution in [2.75, 3.05) is 27.3 Å². The van der Waals surface area contributed by atoms with Crippen molar-refractivity contribution in [1.29, 1.82) is 0 Å². The van der Waals surface area contributed by atoms with E-state index in [-0.39, 0.29) is 18.1 Å². The molecule has 1 aromatic heterocycles. The van der Waals surface area contributed by atoms with Gasteiger partial charge in [-0.3, -0.25) is 0 Å². The number of aromatic nitrogens is 2. The molecule has 0 amide bonds. The number of benzene rings is 1. The highest BCUT2D eigenvalue weighted by Gasteiger charge is 2.43. The third-order valence-electron chi connectivity index (χ3n) is 4.70. The van der Waals surface area contributed by atoms with Gasteiger partial charge in [-0.2, -0.15) is 0 Å². The molecule has 1 aromatic carbocycles. The molecule has 1 saturated heterocycles. The zero-order valence-corrected chi connectivity index (χ0v) is 18.0. The minimum atomic E-state index is -0.503. The summed E-state index contributed by atoms with van der Waals surface area (Å²) >= 11 is 1.35. The summed E-state index contributed by atoms with van der Waals surface area (Å²) < 4.78 is 17.9. The van der Waals surface area contributed by atoms with Gasteiger partial charge in [0.25, 0.3) is 0 Å². The van der Waals surface area contributed by atoms with Crippen LogP contribution in [0.5, 0.6) is 0 Å². The van der Waals surface area contributed by atoms with Gasteiger partial charge in [-0.05, 0) is 38.7 Å². The maximum atomic E-state index is 12.8. The molecule has 1 unspecified atom stereocenters. The summed E-state index contributed by atoms with van der Waals surface area (Å²) in [6.07, 6.45) is 5.08. The number of esters is 1. The first kappa shape index (κ1) is 22.4. The van der Waals surface area contributed by atoms with Crippen molar-refractivity contribution >= 4 is 17.7 Å². The van der Waals surface area contributed by atoms with Crippen molar-refractivity contribution in [1.82, 2.24) is 14.9 Å². The second-order valence-electron chi connectivity index (χ2n) is 7.10. The number of likely N-dealkylation sites (N-methyl/N-ethyl adjacent to an activating group) is 1. The molecular weight excluding hydrogens is 402 g/mol. The van der Waals surface area contributed by atoms with E-state index in [4.69, 9.17) is 14.2 Å². The molecule has 0 spiro atoms. The highest BCUT2D eigenvalue weighted by atomic mass is 32.2. The Morgan fingerprint density at radius 3 is 2.67 bits per heavy atom. The Balaban J connectivity index is 1.81. The monoisotopic (exact) mass is 429 g/mol. The average molecular weight is 430 g/mol. The van der Waals surface area contributed by atoms with E-state index in [1.54, 1.807) is 36.7 Å². The first-order valence-corrected chi connectivity index (χ1v) is 10.7. The number of ether oxygens (including phenoxy) is 3. The van der Waals surface area contributed by atoms with Crippen LogP contribution in [0.1, 0.15) is 16.8 Å². The molecule has 7 nitrogen and oxygen atoms in total. The Bertz CT molecular complexity index is 807. The lowest BCUT2D eigenvalue weighted by molar-refractivity contribution is -0.132. The number of thioether (sulfide) groups is 1. The highest BCUT2D eigenvalue weighted by Crippen LogP contribution is 2.35. The number of carbonyl (C=O) groups is 1. The summed E-state index contributed by atoms with van der Waals surface area (Å²) in [5, 5.41) is 0.563. The van der Waals surface area contributed by atoms with Gasteiger partial charge in [0, 0.05) is 12.4 Å². The first-order chi connectivity index (χ1) is 14.6. The maximum absolute atomic E-state index is 12.8. The molecule has 160 valence electrons. The van der Waals surface area contributed by atoms with Crippen LogP contribution in [0.25, 0.3) is 0 Å². The van der Waals surface area contributed by atoms with Crippen molar-refractivity contribution < 1.29 is 19.0 Å². The number of carbonyl (C=O) groups excluding carboxylic acids is 1. The molecule has 0 radical (unpaired) electrons. The van der Waals surface area contributed by atoms with Crippen molar-refractivity contribution in [2.45, 2.75) is 35.3 Å². The predicted octanol–water partition coefficient (Wildman–Crippen LogP) is 3.04. The van der Waals surface area contributed by atoms with Crippen molar-refractivity contribution in [2.24, 2.45) is 0 Å². The minimum absolute atomic E-state index is 0.0510. The van der Waals surface area contributed by atoms with Crippen molar-refractivity contribution in [3.05, 3.63) is 67.0 Å². The zero-order chi connectivity index (χ0) is 21.3. The van der Waals surface area contributed by atoms with E-state index in [0.717, 1.165) is 0 Å². The molecular formula is C22H27N3O4S. The normalized spacial score (nSPS) is 23.8. The van der Waals surface area contributed by atoms with Gasteiger partial charge >= 0.3 is 5.97 Å².